The smallest absolute Gasteiger partial charge is 0.310 e. The minimum atomic E-state index is -0.277. The summed E-state index contributed by atoms with van der Waals surface area (Å²) in [5.74, 6) is 1.56. The van der Waals surface area contributed by atoms with Gasteiger partial charge in [-0.3, -0.25) is 9.59 Å². The highest BCUT2D eigenvalue weighted by Gasteiger charge is 2.63. The van der Waals surface area contributed by atoms with Crippen molar-refractivity contribution in [3.8, 4) is 17.2 Å². The first-order valence-corrected chi connectivity index (χ1v) is 9.56. The third-order valence-corrected chi connectivity index (χ3v) is 6.20. The second kappa shape index (κ2) is 6.55. The molecule has 2 aliphatic carbocycles. The maximum Gasteiger partial charge on any atom is 0.310 e. The van der Waals surface area contributed by atoms with Crippen LogP contribution in [0.4, 0.5) is 5.69 Å². The van der Waals surface area contributed by atoms with Gasteiger partial charge in [0.25, 0.3) is 0 Å². The lowest BCUT2D eigenvalue weighted by Crippen LogP contribution is -2.35. The highest BCUT2D eigenvalue weighted by atomic mass is 16.6. The normalized spacial score (nSPS) is 29.5. The van der Waals surface area contributed by atoms with E-state index in [-0.39, 0.29) is 41.7 Å². The maximum absolute atomic E-state index is 12.8. The highest BCUT2D eigenvalue weighted by Crippen LogP contribution is 2.57. The van der Waals surface area contributed by atoms with Crippen molar-refractivity contribution < 1.29 is 23.8 Å². The van der Waals surface area contributed by atoms with Crippen molar-refractivity contribution in [1.82, 2.24) is 0 Å². The van der Waals surface area contributed by atoms with E-state index in [9.17, 15) is 9.59 Å². The van der Waals surface area contributed by atoms with Crippen LogP contribution in [0, 0.1) is 23.7 Å². The number of benzene rings is 2. The molecule has 2 aromatic rings. The van der Waals surface area contributed by atoms with Crippen LogP contribution in [0.2, 0.25) is 0 Å². The third kappa shape index (κ3) is 2.71. The molecule has 5 atom stereocenters. The maximum atomic E-state index is 12.8. The van der Waals surface area contributed by atoms with E-state index in [1.165, 1.54) is 0 Å². The first-order chi connectivity index (χ1) is 13.6. The molecule has 1 amide bonds. The van der Waals surface area contributed by atoms with E-state index in [0.717, 1.165) is 12.8 Å². The Morgan fingerprint density at radius 3 is 2.57 bits per heavy atom. The summed E-state index contributed by atoms with van der Waals surface area (Å²) in [6.07, 6.45) is 1.78. The Morgan fingerprint density at radius 1 is 1.07 bits per heavy atom. The van der Waals surface area contributed by atoms with Gasteiger partial charge in [0, 0.05) is 11.6 Å². The molecule has 2 saturated carbocycles. The van der Waals surface area contributed by atoms with Gasteiger partial charge in [-0.15, -0.1) is 0 Å². The molecule has 2 aromatic carbocycles. The molecule has 28 heavy (non-hydrogen) atoms. The van der Waals surface area contributed by atoms with E-state index in [1.807, 2.05) is 24.3 Å². The van der Waals surface area contributed by atoms with Crippen molar-refractivity contribution in [3.05, 3.63) is 48.5 Å². The van der Waals surface area contributed by atoms with Crippen LogP contribution < -0.4 is 14.8 Å². The quantitative estimate of drug-likeness (QED) is 0.803. The van der Waals surface area contributed by atoms with Crippen LogP contribution in [0.5, 0.6) is 17.2 Å². The SMILES string of the molecule is COc1ccccc1Oc1ccc(NC(=O)[C@@H]2[C@@H]3C[C@H]4[C@@H]2C(=O)O[C@@H]4C3)cc1. The summed E-state index contributed by atoms with van der Waals surface area (Å²) >= 11 is 0. The number of anilines is 1. The van der Waals surface area contributed by atoms with Crippen molar-refractivity contribution in [3.63, 3.8) is 0 Å². The van der Waals surface area contributed by atoms with Crippen LogP contribution in [-0.4, -0.2) is 25.1 Å². The number of carbonyl (C=O) groups excluding carboxylic acids is 2. The molecule has 0 unspecified atom stereocenters. The number of rotatable bonds is 5. The zero-order chi connectivity index (χ0) is 19.3. The van der Waals surface area contributed by atoms with Gasteiger partial charge >= 0.3 is 5.97 Å². The van der Waals surface area contributed by atoms with Gasteiger partial charge in [0.1, 0.15) is 11.9 Å². The number of nitrogens with one attached hydrogen (secondary N) is 1. The molecule has 3 fully saturated rings. The van der Waals surface area contributed by atoms with E-state index in [4.69, 9.17) is 14.2 Å². The summed E-state index contributed by atoms with van der Waals surface area (Å²) in [6.45, 7) is 0. The number of ether oxygens (including phenoxy) is 3. The van der Waals surface area contributed by atoms with E-state index in [0.29, 0.717) is 22.9 Å². The number of para-hydroxylation sites is 2. The molecule has 1 N–H and O–H groups in total. The molecule has 1 saturated heterocycles. The second-order valence-corrected chi connectivity index (χ2v) is 7.69. The molecule has 5 rings (SSSR count). The standard InChI is InChI=1S/C22H21NO5/c1-26-16-4-2-3-5-17(16)27-14-8-6-13(7-9-14)23-21(24)19-12-10-15-18(11-12)28-22(25)20(15)19/h2-9,12,15,18-20H,10-11H2,1H3,(H,23,24)/t12-,15-,18-,19-,20+/m1/s1. The predicted octanol–water partition coefficient (Wildman–Crippen LogP) is 3.62. The average molecular weight is 379 g/mol. The number of fused-ring (bicyclic) bond motifs is 1. The predicted molar refractivity (Wildman–Crippen MR) is 101 cm³/mol. The van der Waals surface area contributed by atoms with Gasteiger partial charge in [-0.25, -0.2) is 0 Å². The van der Waals surface area contributed by atoms with Crippen LogP contribution >= 0.6 is 0 Å². The molecule has 0 radical (unpaired) electrons. The lowest BCUT2D eigenvalue weighted by Gasteiger charge is -2.23. The van der Waals surface area contributed by atoms with Gasteiger partial charge < -0.3 is 19.5 Å². The van der Waals surface area contributed by atoms with Crippen molar-refractivity contribution in [2.45, 2.75) is 18.9 Å². The van der Waals surface area contributed by atoms with E-state index in [2.05, 4.69) is 5.32 Å². The van der Waals surface area contributed by atoms with Crippen LogP contribution in [-0.2, 0) is 14.3 Å². The van der Waals surface area contributed by atoms with Crippen LogP contribution in [0.25, 0.3) is 0 Å². The van der Waals surface area contributed by atoms with Gasteiger partial charge in [-0.1, -0.05) is 12.1 Å². The molecule has 0 aromatic heterocycles. The lowest BCUT2D eigenvalue weighted by atomic mass is 9.79. The van der Waals surface area contributed by atoms with E-state index >= 15 is 0 Å². The fourth-order valence-electron chi connectivity index (χ4n) is 5.03. The van der Waals surface area contributed by atoms with Crippen LogP contribution in [0.15, 0.2) is 48.5 Å². The Hall–Kier alpha value is -3.02. The molecular formula is C22H21NO5. The first-order valence-electron chi connectivity index (χ1n) is 9.56. The monoisotopic (exact) mass is 379 g/mol. The Labute approximate surface area is 162 Å². The van der Waals surface area contributed by atoms with Gasteiger partial charge in [-0.2, -0.15) is 0 Å². The Kier molecular flexibility index (Phi) is 4.00. The Balaban J connectivity index is 1.27. The largest absolute Gasteiger partial charge is 0.493 e. The zero-order valence-corrected chi connectivity index (χ0v) is 15.5. The summed E-state index contributed by atoms with van der Waals surface area (Å²) in [5, 5.41) is 2.96. The molecule has 6 heteroatoms. The second-order valence-electron chi connectivity index (χ2n) is 7.69. The molecule has 1 aliphatic heterocycles. The first kappa shape index (κ1) is 17.1. The third-order valence-electron chi connectivity index (χ3n) is 6.20. The number of hydrogen-bond acceptors (Lipinski definition) is 5. The summed E-state index contributed by atoms with van der Waals surface area (Å²) < 4.78 is 16.6. The number of methoxy groups -OCH3 is 1. The van der Waals surface area contributed by atoms with Crippen molar-refractivity contribution in [2.75, 3.05) is 12.4 Å². The van der Waals surface area contributed by atoms with Gasteiger partial charge in [0.2, 0.25) is 5.91 Å². The van der Waals surface area contributed by atoms with Crippen LogP contribution in [0.1, 0.15) is 12.8 Å². The van der Waals surface area contributed by atoms with Crippen molar-refractivity contribution >= 4 is 17.6 Å². The van der Waals surface area contributed by atoms with Crippen molar-refractivity contribution in [1.29, 1.82) is 0 Å². The molecule has 0 spiro atoms. The Bertz CT molecular complexity index is 923. The number of amides is 1. The number of hydrogen-bond donors (Lipinski definition) is 1. The topological polar surface area (TPSA) is 73.9 Å². The summed E-state index contributed by atoms with van der Waals surface area (Å²) in [6, 6.07) is 14.6. The fraction of sp³-hybridized carbons (Fsp3) is 0.364. The number of esters is 1. The minimum Gasteiger partial charge on any atom is -0.493 e. The highest BCUT2D eigenvalue weighted by molar-refractivity contribution is 5.97. The van der Waals surface area contributed by atoms with Crippen LogP contribution in [0.3, 0.4) is 0 Å². The average Bonchev–Trinajstić information content (AvgIpc) is 3.32. The summed E-state index contributed by atoms with van der Waals surface area (Å²) in [5.41, 5.74) is 0.683. The lowest BCUT2D eigenvalue weighted by molar-refractivity contribution is -0.145. The van der Waals surface area contributed by atoms with E-state index < -0.39 is 0 Å². The molecule has 3 aliphatic rings. The van der Waals surface area contributed by atoms with Gasteiger partial charge in [-0.05, 0) is 55.2 Å². The molecule has 144 valence electrons. The molecule has 2 bridgehead atoms. The molecule has 1 heterocycles. The minimum absolute atomic E-state index is 0.0398. The fourth-order valence-corrected chi connectivity index (χ4v) is 5.03. The van der Waals surface area contributed by atoms with Crippen molar-refractivity contribution in [2.24, 2.45) is 23.7 Å². The van der Waals surface area contributed by atoms with E-state index in [1.54, 1.807) is 31.4 Å². The Morgan fingerprint density at radius 2 is 1.82 bits per heavy atom. The summed E-state index contributed by atoms with van der Waals surface area (Å²) in [4.78, 5) is 24.9. The molecule has 6 nitrogen and oxygen atoms in total. The van der Waals surface area contributed by atoms with Gasteiger partial charge in [0.05, 0.1) is 18.9 Å². The van der Waals surface area contributed by atoms with Gasteiger partial charge in [0.15, 0.2) is 11.5 Å². The number of carbonyl (C=O) groups is 2. The molecular weight excluding hydrogens is 358 g/mol. The summed E-state index contributed by atoms with van der Waals surface area (Å²) in [7, 11) is 1.60. The zero-order valence-electron chi connectivity index (χ0n) is 15.5.